The second-order valence-corrected chi connectivity index (χ2v) is 3.53. The van der Waals surface area contributed by atoms with Gasteiger partial charge in [0.1, 0.15) is 6.67 Å². The minimum Gasteiger partial charge on any atom is -0.404 e. The fraction of sp³-hybridized carbons (Fsp3) is 0.286. The van der Waals surface area contributed by atoms with Gasteiger partial charge in [-0.25, -0.2) is 4.39 Å². The number of aromatic nitrogens is 1. The molecular weight excluding hydrogens is 333 g/mol. The quantitative estimate of drug-likeness (QED) is 0.665. The summed E-state index contributed by atoms with van der Waals surface area (Å²) in [6, 6.07) is 0. The van der Waals surface area contributed by atoms with Crippen molar-refractivity contribution < 1.29 is 22.3 Å². The molecule has 0 bridgehead atoms. The van der Waals surface area contributed by atoms with Gasteiger partial charge in [0, 0.05) is 11.8 Å². The van der Waals surface area contributed by atoms with Crippen molar-refractivity contribution in [2.24, 2.45) is 0 Å². The van der Waals surface area contributed by atoms with Crippen LogP contribution in [-0.4, -0.2) is 11.3 Å². The molecule has 1 aromatic heterocycles. The van der Waals surface area contributed by atoms with Gasteiger partial charge in [-0.2, -0.15) is 0 Å². The topological polar surface area (TPSA) is 42.1 Å². The van der Waals surface area contributed by atoms with Crippen molar-refractivity contribution in [2.45, 2.75) is 13.0 Å². The van der Waals surface area contributed by atoms with Crippen LogP contribution in [-0.2, 0) is 6.67 Å². The van der Waals surface area contributed by atoms with E-state index in [1.807, 2.05) is 4.98 Å². The molecule has 0 atom stereocenters. The summed E-state index contributed by atoms with van der Waals surface area (Å²) in [5.74, 6) is -0.728. The van der Waals surface area contributed by atoms with Gasteiger partial charge in [-0.1, -0.05) is 0 Å². The number of hydrogen-bond acceptors (Lipinski definition) is 2. The van der Waals surface area contributed by atoms with Crippen molar-refractivity contribution in [1.82, 2.24) is 4.98 Å². The Hall–Kier alpha value is -0.800. The van der Waals surface area contributed by atoms with E-state index in [-0.39, 0.29) is 3.57 Å². The molecule has 84 valence electrons. The molecule has 0 spiro atoms. The van der Waals surface area contributed by atoms with E-state index in [1.165, 1.54) is 22.6 Å². The zero-order valence-corrected chi connectivity index (χ0v) is 9.15. The van der Waals surface area contributed by atoms with E-state index < -0.39 is 29.9 Å². The monoisotopic (exact) mass is 337 g/mol. The lowest BCUT2D eigenvalue weighted by Crippen LogP contribution is -2.21. The summed E-state index contributed by atoms with van der Waals surface area (Å²) < 4.78 is 51.3. The molecule has 3 nitrogen and oxygen atoms in total. The van der Waals surface area contributed by atoms with Crippen LogP contribution in [0.1, 0.15) is 5.56 Å². The van der Waals surface area contributed by atoms with Gasteiger partial charge in [-0.15, -0.1) is 13.2 Å². The summed E-state index contributed by atoms with van der Waals surface area (Å²) in [6.07, 6.45) is -4.22. The molecule has 15 heavy (non-hydrogen) atoms. The first-order valence-electron chi connectivity index (χ1n) is 3.57. The Balaban J connectivity index is 3.20. The highest BCUT2D eigenvalue weighted by molar-refractivity contribution is 14.1. The molecule has 0 aliphatic rings. The number of halogens is 5. The van der Waals surface area contributed by atoms with Crippen LogP contribution in [0.15, 0.2) is 11.0 Å². The van der Waals surface area contributed by atoms with Crippen molar-refractivity contribution in [1.29, 1.82) is 0 Å². The lowest BCUT2D eigenvalue weighted by atomic mass is 10.3. The van der Waals surface area contributed by atoms with Gasteiger partial charge in [0.25, 0.3) is 5.56 Å². The fourth-order valence-corrected chi connectivity index (χ4v) is 1.43. The van der Waals surface area contributed by atoms with Gasteiger partial charge in [0.05, 0.1) is 3.57 Å². The number of pyridine rings is 1. The Morgan fingerprint density at radius 3 is 2.53 bits per heavy atom. The molecule has 0 aromatic carbocycles. The number of hydrogen-bond donors (Lipinski definition) is 1. The van der Waals surface area contributed by atoms with Crippen molar-refractivity contribution in [2.75, 3.05) is 0 Å². The van der Waals surface area contributed by atoms with Crippen molar-refractivity contribution in [3.05, 3.63) is 25.7 Å². The van der Waals surface area contributed by atoms with E-state index in [2.05, 4.69) is 4.74 Å². The van der Waals surface area contributed by atoms with E-state index in [0.29, 0.717) is 6.20 Å². The zero-order chi connectivity index (χ0) is 11.6. The van der Waals surface area contributed by atoms with Gasteiger partial charge >= 0.3 is 6.36 Å². The van der Waals surface area contributed by atoms with Crippen molar-refractivity contribution in [3.8, 4) is 5.75 Å². The normalized spacial score (nSPS) is 11.5. The molecule has 0 amide bonds. The van der Waals surface area contributed by atoms with Gasteiger partial charge in [0.2, 0.25) is 0 Å². The van der Waals surface area contributed by atoms with E-state index in [4.69, 9.17) is 0 Å². The Bertz CT molecular complexity index is 414. The first-order valence-corrected chi connectivity index (χ1v) is 4.65. The predicted octanol–water partition coefficient (Wildman–Crippen LogP) is 2.35. The molecule has 1 heterocycles. The highest BCUT2D eigenvalue weighted by Gasteiger charge is 2.32. The SMILES string of the molecule is O=c1[nH]cc(OC(F)(F)F)c(CF)c1I. The number of aromatic amines is 1. The van der Waals surface area contributed by atoms with Crippen molar-refractivity contribution >= 4 is 22.6 Å². The second kappa shape index (κ2) is 4.37. The van der Waals surface area contributed by atoms with E-state index in [1.54, 1.807) is 0 Å². The van der Waals surface area contributed by atoms with Crippen LogP contribution in [0.3, 0.4) is 0 Å². The summed E-state index contributed by atoms with van der Waals surface area (Å²) in [4.78, 5) is 13.0. The molecule has 0 unspecified atom stereocenters. The minimum absolute atomic E-state index is 0.156. The maximum absolute atomic E-state index is 12.4. The molecule has 0 fully saturated rings. The standard InChI is InChI=1S/C7H4F4INO2/c8-1-3-4(15-7(9,10)11)2-13-6(14)5(3)12/h2H,1H2,(H,13,14). The lowest BCUT2D eigenvalue weighted by molar-refractivity contribution is -0.275. The van der Waals surface area contributed by atoms with Gasteiger partial charge in [-0.3, -0.25) is 4.79 Å². The predicted molar refractivity (Wildman–Crippen MR) is 51.3 cm³/mol. The largest absolute Gasteiger partial charge is 0.573 e. The average molecular weight is 337 g/mol. The molecule has 1 N–H and O–H groups in total. The third kappa shape index (κ3) is 3.08. The fourth-order valence-electron chi connectivity index (χ4n) is 0.867. The number of nitrogens with one attached hydrogen (secondary N) is 1. The number of ether oxygens (including phenoxy) is 1. The third-order valence-corrected chi connectivity index (χ3v) is 2.60. The average Bonchev–Trinajstić information content (AvgIpc) is 2.10. The second-order valence-electron chi connectivity index (χ2n) is 2.46. The van der Waals surface area contributed by atoms with Crippen LogP contribution in [0.25, 0.3) is 0 Å². The van der Waals surface area contributed by atoms with Crippen LogP contribution >= 0.6 is 22.6 Å². The van der Waals surface area contributed by atoms with Crippen LogP contribution in [0.5, 0.6) is 5.75 Å². The number of alkyl halides is 4. The van der Waals surface area contributed by atoms with E-state index in [9.17, 15) is 22.4 Å². The smallest absolute Gasteiger partial charge is 0.404 e. The van der Waals surface area contributed by atoms with Crippen LogP contribution in [0, 0.1) is 3.57 Å². The van der Waals surface area contributed by atoms with Gasteiger partial charge in [0.15, 0.2) is 5.75 Å². The maximum Gasteiger partial charge on any atom is 0.573 e. The maximum atomic E-state index is 12.4. The van der Waals surface area contributed by atoms with Crippen LogP contribution in [0.2, 0.25) is 0 Å². The van der Waals surface area contributed by atoms with E-state index >= 15 is 0 Å². The number of H-pyrrole nitrogens is 1. The van der Waals surface area contributed by atoms with E-state index in [0.717, 1.165) is 0 Å². The third-order valence-electron chi connectivity index (χ3n) is 1.46. The summed E-state index contributed by atoms with van der Waals surface area (Å²) in [5, 5.41) is 0. The zero-order valence-electron chi connectivity index (χ0n) is 6.99. The minimum atomic E-state index is -4.91. The molecule has 1 aromatic rings. The molecule has 0 saturated carbocycles. The molecule has 0 aliphatic carbocycles. The summed E-state index contributed by atoms with van der Waals surface area (Å²) in [5.41, 5.74) is -1.06. The molecule has 0 radical (unpaired) electrons. The molecule has 1 rings (SSSR count). The Kier molecular flexibility index (Phi) is 3.58. The Morgan fingerprint density at radius 2 is 2.07 bits per heavy atom. The van der Waals surface area contributed by atoms with Gasteiger partial charge in [-0.05, 0) is 22.6 Å². The summed E-state index contributed by atoms with van der Waals surface area (Å²) in [7, 11) is 0. The van der Waals surface area contributed by atoms with Crippen LogP contribution < -0.4 is 10.3 Å². The molecule has 0 aliphatic heterocycles. The first-order chi connectivity index (χ1) is 6.85. The number of rotatable bonds is 2. The van der Waals surface area contributed by atoms with Gasteiger partial charge < -0.3 is 9.72 Å². The lowest BCUT2D eigenvalue weighted by Gasteiger charge is -2.11. The highest BCUT2D eigenvalue weighted by atomic mass is 127. The molecular formula is C7H4F4INO2. The molecule has 8 heteroatoms. The van der Waals surface area contributed by atoms with Crippen LogP contribution in [0.4, 0.5) is 17.6 Å². The first kappa shape index (κ1) is 12.3. The Morgan fingerprint density at radius 1 is 1.47 bits per heavy atom. The molecule has 0 saturated heterocycles. The summed E-state index contributed by atoms with van der Waals surface area (Å²) in [6.45, 7) is -1.20. The Labute approximate surface area is 94.6 Å². The highest BCUT2D eigenvalue weighted by Crippen LogP contribution is 2.27. The van der Waals surface area contributed by atoms with Crippen molar-refractivity contribution in [3.63, 3.8) is 0 Å². The summed E-state index contributed by atoms with van der Waals surface area (Å²) >= 11 is 1.45.